The number of rotatable bonds is 3. The second-order valence-corrected chi connectivity index (χ2v) is 8.90. The van der Waals surface area contributed by atoms with Gasteiger partial charge in [-0.15, -0.1) is 0 Å². The highest BCUT2D eigenvalue weighted by molar-refractivity contribution is 6.35. The van der Waals surface area contributed by atoms with E-state index in [4.69, 9.17) is 23.2 Å². The van der Waals surface area contributed by atoms with Crippen LogP contribution in [0.15, 0.2) is 41.2 Å². The van der Waals surface area contributed by atoms with E-state index in [1.165, 1.54) is 0 Å². The molecular formula is C23H23Cl2N5O. The molecular weight excluding hydrogens is 433 g/mol. The molecule has 4 rings (SSSR count). The third-order valence-corrected chi connectivity index (χ3v) is 6.74. The third kappa shape index (κ3) is 4.01. The van der Waals surface area contributed by atoms with Crippen molar-refractivity contribution in [3.63, 3.8) is 0 Å². The largest absolute Gasteiger partial charge is 0.364 e. The zero-order valence-electron chi connectivity index (χ0n) is 17.6. The second kappa shape index (κ2) is 8.51. The fraction of sp³-hybridized carbons (Fsp3) is 0.348. The van der Waals surface area contributed by atoms with Gasteiger partial charge < -0.3 is 9.47 Å². The zero-order valence-corrected chi connectivity index (χ0v) is 19.2. The molecule has 0 spiro atoms. The summed E-state index contributed by atoms with van der Waals surface area (Å²) in [5, 5.41) is 10.6. The number of hydrogen-bond donors (Lipinski definition) is 0. The molecule has 1 aliphatic rings. The maximum Gasteiger partial charge on any atom is 0.252 e. The molecule has 160 valence electrons. The first-order valence-corrected chi connectivity index (χ1v) is 10.9. The van der Waals surface area contributed by atoms with Gasteiger partial charge in [-0.3, -0.25) is 9.69 Å². The van der Waals surface area contributed by atoms with Gasteiger partial charge in [-0.05, 0) is 38.1 Å². The number of aryl methyl sites for hydroxylation is 1. The van der Waals surface area contributed by atoms with E-state index in [2.05, 4.69) is 34.7 Å². The molecule has 1 saturated heterocycles. The molecule has 2 aromatic heterocycles. The molecule has 2 atom stereocenters. The van der Waals surface area contributed by atoms with Crippen molar-refractivity contribution in [2.24, 2.45) is 7.05 Å². The van der Waals surface area contributed by atoms with Gasteiger partial charge in [0.2, 0.25) is 0 Å². The number of anilines is 1. The van der Waals surface area contributed by atoms with Gasteiger partial charge in [0.05, 0.1) is 11.2 Å². The second-order valence-electron chi connectivity index (χ2n) is 8.08. The summed E-state index contributed by atoms with van der Waals surface area (Å²) in [6.45, 7) is 6.43. The lowest BCUT2D eigenvalue weighted by molar-refractivity contribution is 0.158. The number of pyridine rings is 2. The minimum absolute atomic E-state index is 0.0980. The van der Waals surface area contributed by atoms with Crippen molar-refractivity contribution >= 4 is 39.9 Å². The molecule has 0 saturated carbocycles. The van der Waals surface area contributed by atoms with Crippen LogP contribution in [0.5, 0.6) is 0 Å². The van der Waals surface area contributed by atoms with Gasteiger partial charge in [-0.1, -0.05) is 29.3 Å². The quantitative estimate of drug-likeness (QED) is 0.591. The van der Waals surface area contributed by atoms with Gasteiger partial charge in [0.15, 0.2) is 0 Å². The Hall–Kier alpha value is -2.59. The van der Waals surface area contributed by atoms with Crippen molar-refractivity contribution in [1.29, 1.82) is 5.26 Å². The summed E-state index contributed by atoms with van der Waals surface area (Å²) in [5.74, 6) is 0. The molecule has 1 aliphatic heterocycles. The molecule has 1 aromatic carbocycles. The standard InChI is InChI=1S/C23H23Cl2N5O/c1-14-12-30(15(2)11-29(14)13-17-18(24)5-4-6-19(17)25)21-9-22(31)28(3)20-8-7-16(10-26)27-23(20)21/h4-9,14-15H,11-13H2,1-3H3/t14-,15+/m1/s1. The fourth-order valence-corrected chi connectivity index (χ4v) is 4.75. The Balaban J connectivity index is 1.69. The Labute approximate surface area is 191 Å². The first-order chi connectivity index (χ1) is 14.8. The van der Waals surface area contributed by atoms with Crippen LogP contribution in [0.1, 0.15) is 25.1 Å². The first kappa shape index (κ1) is 21.6. The van der Waals surface area contributed by atoms with E-state index < -0.39 is 0 Å². The van der Waals surface area contributed by atoms with Crippen LogP contribution < -0.4 is 10.5 Å². The van der Waals surface area contributed by atoms with E-state index >= 15 is 0 Å². The zero-order chi connectivity index (χ0) is 22.3. The highest BCUT2D eigenvalue weighted by Crippen LogP contribution is 2.31. The molecule has 0 aliphatic carbocycles. The molecule has 3 heterocycles. The smallest absolute Gasteiger partial charge is 0.252 e. The Kier molecular flexibility index (Phi) is 5.94. The normalized spacial score (nSPS) is 19.5. The molecule has 31 heavy (non-hydrogen) atoms. The summed E-state index contributed by atoms with van der Waals surface area (Å²) in [4.78, 5) is 21.7. The van der Waals surface area contributed by atoms with Crippen molar-refractivity contribution < 1.29 is 0 Å². The molecule has 6 nitrogen and oxygen atoms in total. The summed E-state index contributed by atoms with van der Waals surface area (Å²) in [6, 6.07) is 13.0. The Bertz CT molecular complexity index is 1230. The molecule has 0 unspecified atom stereocenters. The molecule has 0 bridgehead atoms. The first-order valence-electron chi connectivity index (χ1n) is 10.1. The van der Waals surface area contributed by atoms with Crippen LogP contribution in [0.3, 0.4) is 0 Å². The summed E-state index contributed by atoms with van der Waals surface area (Å²) in [6.07, 6.45) is 0. The lowest BCUT2D eigenvalue weighted by Gasteiger charge is -2.45. The number of halogens is 2. The van der Waals surface area contributed by atoms with E-state index in [9.17, 15) is 10.1 Å². The summed E-state index contributed by atoms with van der Waals surface area (Å²) < 4.78 is 1.57. The SMILES string of the molecule is C[C@@H]1CN(c2cc(=O)n(C)c3ccc(C#N)nc23)[C@@H](C)CN1Cc1c(Cl)cccc1Cl. The molecule has 3 aromatic rings. The average Bonchev–Trinajstić information content (AvgIpc) is 2.75. The van der Waals surface area contributed by atoms with Crippen LogP contribution in [0.4, 0.5) is 5.69 Å². The van der Waals surface area contributed by atoms with Crippen LogP contribution in [0.25, 0.3) is 11.0 Å². The van der Waals surface area contributed by atoms with Gasteiger partial charge in [-0.2, -0.15) is 5.26 Å². The fourth-order valence-electron chi connectivity index (χ4n) is 4.23. The predicted octanol–water partition coefficient (Wildman–Crippen LogP) is 4.21. The van der Waals surface area contributed by atoms with Crippen LogP contribution >= 0.6 is 23.2 Å². The van der Waals surface area contributed by atoms with Crippen LogP contribution in [0, 0.1) is 11.3 Å². The Morgan fingerprint density at radius 1 is 1.13 bits per heavy atom. The predicted molar refractivity (Wildman–Crippen MR) is 125 cm³/mol. The summed E-state index contributed by atoms with van der Waals surface area (Å²) in [5.41, 5.74) is 3.32. The van der Waals surface area contributed by atoms with Crippen molar-refractivity contribution in [3.8, 4) is 6.07 Å². The minimum Gasteiger partial charge on any atom is -0.364 e. The van der Waals surface area contributed by atoms with Crippen molar-refractivity contribution in [2.45, 2.75) is 32.5 Å². The highest BCUT2D eigenvalue weighted by Gasteiger charge is 2.31. The van der Waals surface area contributed by atoms with Crippen molar-refractivity contribution in [3.05, 3.63) is 68.1 Å². The topological polar surface area (TPSA) is 65.2 Å². The van der Waals surface area contributed by atoms with Gasteiger partial charge in [-0.25, -0.2) is 4.98 Å². The Morgan fingerprint density at radius 2 is 1.84 bits per heavy atom. The average molecular weight is 456 g/mol. The lowest BCUT2D eigenvalue weighted by atomic mass is 10.0. The molecule has 0 radical (unpaired) electrons. The van der Waals surface area contributed by atoms with E-state index in [1.807, 2.05) is 18.2 Å². The van der Waals surface area contributed by atoms with E-state index in [0.717, 1.165) is 17.8 Å². The van der Waals surface area contributed by atoms with Gasteiger partial charge >= 0.3 is 0 Å². The van der Waals surface area contributed by atoms with Gasteiger partial charge in [0, 0.05) is 60.4 Å². The van der Waals surface area contributed by atoms with Crippen LogP contribution in [0.2, 0.25) is 10.0 Å². The number of hydrogen-bond acceptors (Lipinski definition) is 5. The van der Waals surface area contributed by atoms with Crippen LogP contribution in [-0.2, 0) is 13.6 Å². The monoisotopic (exact) mass is 455 g/mol. The van der Waals surface area contributed by atoms with Crippen molar-refractivity contribution in [2.75, 3.05) is 18.0 Å². The van der Waals surface area contributed by atoms with Crippen LogP contribution in [-0.4, -0.2) is 39.6 Å². The van der Waals surface area contributed by atoms with Gasteiger partial charge in [0.1, 0.15) is 17.3 Å². The third-order valence-electron chi connectivity index (χ3n) is 6.03. The molecule has 0 amide bonds. The van der Waals surface area contributed by atoms with E-state index in [-0.39, 0.29) is 17.6 Å². The molecule has 8 heteroatoms. The number of nitriles is 1. The maximum absolute atomic E-state index is 12.6. The molecule has 0 N–H and O–H groups in total. The molecule has 1 fully saturated rings. The minimum atomic E-state index is -0.0980. The number of benzene rings is 1. The van der Waals surface area contributed by atoms with E-state index in [0.29, 0.717) is 39.9 Å². The Morgan fingerprint density at radius 3 is 2.52 bits per heavy atom. The number of piperazine rings is 1. The van der Waals surface area contributed by atoms with Gasteiger partial charge in [0.25, 0.3) is 5.56 Å². The van der Waals surface area contributed by atoms with E-state index in [1.54, 1.807) is 29.8 Å². The maximum atomic E-state index is 12.6. The summed E-state index contributed by atoms with van der Waals surface area (Å²) in [7, 11) is 1.72. The number of nitrogens with zero attached hydrogens (tertiary/aromatic N) is 5. The lowest BCUT2D eigenvalue weighted by Crippen LogP contribution is -2.56. The summed E-state index contributed by atoms with van der Waals surface area (Å²) >= 11 is 12.8. The number of fused-ring (bicyclic) bond motifs is 1. The highest BCUT2D eigenvalue weighted by atomic mass is 35.5. The van der Waals surface area contributed by atoms with Crippen molar-refractivity contribution in [1.82, 2.24) is 14.5 Å². The number of aromatic nitrogens is 2.